The molecule has 1 aromatic heterocycles. The summed E-state index contributed by atoms with van der Waals surface area (Å²) in [4.78, 5) is 26.7. The minimum Gasteiger partial charge on any atom is -0.374 e. The fourth-order valence-corrected chi connectivity index (χ4v) is 9.21. The smallest absolute Gasteiger partial charge is 0.334 e. The molecule has 5 unspecified atom stereocenters. The van der Waals surface area contributed by atoms with Crippen LogP contribution in [0.4, 0.5) is 0 Å². The number of aromatic amines is 1. The van der Waals surface area contributed by atoms with Crippen molar-refractivity contribution in [3.05, 3.63) is 33.1 Å². The second-order valence-electron chi connectivity index (χ2n) is 10.2. The first-order valence-corrected chi connectivity index (χ1v) is 16.4. The van der Waals surface area contributed by atoms with E-state index in [1.54, 1.807) is 13.8 Å². The van der Waals surface area contributed by atoms with E-state index in [4.69, 9.17) is 32.8 Å². The Balaban J connectivity index is 2.02. The summed E-state index contributed by atoms with van der Waals surface area (Å²) in [7, 11) is -3.62. The molecule has 2 aliphatic rings. The molecule has 0 radical (unpaired) electrons. The highest BCUT2D eigenvalue weighted by molar-refractivity contribution is 7.55. The molecule has 1 saturated heterocycles. The van der Waals surface area contributed by atoms with Crippen molar-refractivity contribution in [3.63, 3.8) is 0 Å². The monoisotopic (exact) mass is 604 g/mol. The summed E-state index contributed by atoms with van der Waals surface area (Å²) >= 11 is 0. The van der Waals surface area contributed by atoms with Crippen molar-refractivity contribution in [3.8, 4) is 6.07 Å². The molecule has 1 aromatic rings. The summed E-state index contributed by atoms with van der Waals surface area (Å²) in [6, 6.07) is 3.43. The minimum absolute atomic E-state index is 0.0531. The predicted molar refractivity (Wildman–Crippen MR) is 149 cm³/mol. The fraction of sp³-hybridized carbons (Fsp3) is 0.800. The standard InChI is InChI=1S/C25H42N4O9P2/c1-8-35-40(32,36-9-2)19-15-18(19)21-22(38-39(34-14-10-12-26)29(16(3)4)17(5)6)23(33-7)24(37-21)28-13-11-20(30)27-25(28)31/h11,13,16-19,21-24H,8-10,14-15H2,1-7H3,(H,27,30,31)/t18?,19?,21-,22?,23?,24-,39?/m1/s1. The molecule has 2 fully saturated rings. The van der Waals surface area contributed by atoms with Crippen molar-refractivity contribution in [2.45, 2.75) is 96.7 Å². The molecule has 15 heteroatoms. The first kappa shape index (κ1) is 33.1. The van der Waals surface area contributed by atoms with E-state index in [1.807, 2.05) is 27.7 Å². The lowest BCUT2D eigenvalue weighted by Gasteiger charge is -2.38. The maximum absolute atomic E-state index is 13.6. The van der Waals surface area contributed by atoms with Crippen LogP contribution < -0.4 is 11.2 Å². The van der Waals surface area contributed by atoms with Gasteiger partial charge in [-0.15, -0.1) is 0 Å². The van der Waals surface area contributed by atoms with Crippen molar-refractivity contribution in [1.82, 2.24) is 14.2 Å². The third kappa shape index (κ3) is 7.49. The highest BCUT2D eigenvalue weighted by Crippen LogP contribution is 2.68. The largest absolute Gasteiger partial charge is 0.374 e. The Labute approximate surface area is 236 Å². The van der Waals surface area contributed by atoms with Crippen LogP contribution in [0.15, 0.2) is 21.9 Å². The first-order valence-electron chi connectivity index (χ1n) is 13.7. The number of H-pyrrole nitrogens is 1. The van der Waals surface area contributed by atoms with Gasteiger partial charge in [-0.1, -0.05) is 0 Å². The lowest BCUT2D eigenvalue weighted by atomic mass is 10.1. The van der Waals surface area contributed by atoms with Crippen LogP contribution in [0.5, 0.6) is 0 Å². The highest BCUT2D eigenvalue weighted by Gasteiger charge is 2.63. The summed E-state index contributed by atoms with van der Waals surface area (Å²) < 4.78 is 53.4. The van der Waals surface area contributed by atoms with Gasteiger partial charge in [-0.05, 0) is 48.0 Å². The normalized spacial score (nSPS) is 27.4. The molecule has 13 nitrogen and oxygen atoms in total. The zero-order valence-corrected chi connectivity index (χ0v) is 26.0. The van der Waals surface area contributed by atoms with Gasteiger partial charge in [-0.3, -0.25) is 18.9 Å². The van der Waals surface area contributed by atoms with E-state index in [9.17, 15) is 14.2 Å². The summed E-state index contributed by atoms with van der Waals surface area (Å²) in [6.07, 6.45) is -1.06. The van der Waals surface area contributed by atoms with Crippen LogP contribution in [0, 0.1) is 17.2 Å². The molecule has 0 bridgehead atoms. The van der Waals surface area contributed by atoms with E-state index in [0.29, 0.717) is 6.42 Å². The van der Waals surface area contributed by atoms with E-state index >= 15 is 0 Å². The van der Waals surface area contributed by atoms with Gasteiger partial charge in [-0.25, -0.2) is 9.46 Å². The Hall–Kier alpha value is -1.45. The summed E-state index contributed by atoms with van der Waals surface area (Å²) in [5.41, 5.74) is -1.60. The Bertz CT molecular complexity index is 1150. The first-order chi connectivity index (χ1) is 19.0. The van der Waals surface area contributed by atoms with Gasteiger partial charge < -0.3 is 27.6 Å². The zero-order valence-electron chi connectivity index (χ0n) is 24.2. The van der Waals surface area contributed by atoms with Crippen molar-refractivity contribution < 1.29 is 32.1 Å². The average molecular weight is 605 g/mol. The van der Waals surface area contributed by atoms with Gasteiger partial charge in [0.2, 0.25) is 0 Å². The molecule has 1 aliphatic heterocycles. The van der Waals surface area contributed by atoms with Gasteiger partial charge in [0.25, 0.3) is 14.1 Å². The van der Waals surface area contributed by atoms with Crippen LogP contribution in [0.2, 0.25) is 0 Å². The number of aromatic nitrogens is 2. The Kier molecular flexibility index (Phi) is 12.1. The second kappa shape index (κ2) is 14.6. The van der Waals surface area contributed by atoms with Crippen molar-refractivity contribution in [1.29, 1.82) is 5.26 Å². The number of nitrogens with one attached hydrogen (secondary N) is 1. The second-order valence-corrected chi connectivity index (χ2v) is 13.8. The Morgan fingerprint density at radius 2 is 1.85 bits per heavy atom. The summed E-state index contributed by atoms with van der Waals surface area (Å²) in [5, 5.41) is 9.10. The Morgan fingerprint density at radius 1 is 1.20 bits per heavy atom. The van der Waals surface area contributed by atoms with Gasteiger partial charge in [0.15, 0.2) is 6.23 Å². The fourth-order valence-electron chi connectivity index (χ4n) is 5.14. The number of hydrogen-bond acceptors (Lipinski definition) is 11. The van der Waals surface area contributed by atoms with Crippen LogP contribution in [0.3, 0.4) is 0 Å². The molecule has 1 aliphatic carbocycles. The van der Waals surface area contributed by atoms with E-state index < -0.39 is 57.6 Å². The van der Waals surface area contributed by atoms with Crippen molar-refractivity contribution in [2.24, 2.45) is 5.92 Å². The molecular formula is C25H42N4O9P2. The molecule has 2 heterocycles. The third-order valence-electron chi connectivity index (χ3n) is 6.75. The lowest BCUT2D eigenvalue weighted by Crippen LogP contribution is -2.41. The van der Waals surface area contributed by atoms with Gasteiger partial charge in [0.05, 0.1) is 44.1 Å². The quantitative estimate of drug-likeness (QED) is 0.217. The number of hydrogen-bond donors (Lipinski definition) is 1. The maximum atomic E-state index is 13.6. The summed E-state index contributed by atoms with van der Waals surface area (Å²) in [5.74, 6) is -0.266. The number of nitriles is 1. The van der Waals surface area contributed by atoms with E-state index in [1.165, 1.54) is 23.9 Å². The van der Waals surface area contributed by atoms with Gasteiger partial charge in [-0.2, -0.15) is 5.26 Å². The molecule has 0 amide bonds. The van der Waals surface area contributed by atoms with Crippen molar-refractivity contribution in [2.75, 3.05) is 26.9 Å². The van der Waals surface area contributed by atoms with E-state index in [-0.39, 0.29) is 44.2 Å². The minimum atomic E-state index is -3.42. The van der Waals surface area contributed by atoms with Crippen LogP contribution >= 0.6 is 16.1 Å². The molecule has 40 heavy (non-hydrogen) atoms. The molecule has 3 rings (SSSR count). The van der Waals surface area contributed by atoms with Crippen LogP contribution in [-0.4, -0.2) is 77.2 Å². The van der Waals surface area contributed by atoms with Gasteiger partial charge in [0, 0.05) is 37.4 Å². The average Bonchev–Trinajstić information content (AvgIpc) is 3.60. The Morgan fingerprint density at radius 3 is 2.38 bits per heavy atom. The van der Waals surface area contributed by atoms with Crippen LogP contribution in [0.25, 0.3) is 0 Å². The topological polar surface area (TPSA) is 154 Å². The number of nitrogens with zero attached hydrogens (tertiary/aromatic N) is 3. The van der Waals surface area contributed by atoms with Gasteiger partial charge in [0.1, 0.15) is 12.2 Å². The summed E-state index contributed by atoms with van der Waals surface area (Å²) in [6.45, 7) is 12.3. The SMILES string of the molecule is CCOP(=O)(OCC)C1CC1[C@H]1O[C@@H](n2ccc(=O)[nH]c2=O)C(OC)C1OP(OCCC#N)N(C(C)C)C(C)C. The lowest BCUT2D eigenvalue weighted by molar-refractivity contribution is -0.0571. The number of rotatable bonds is 16. The zero-order chi connectivity index (χ0) is 29.6. The highest BCUT2D eigenvalue weighted by atomic mass is 31.2. The molecule has 7 atom stereocenters. The van der Waals surface area contributed by atoms with Gasteiger partial charge >= 0.3 is 13.3 Å². The van der Waals surface area contributed by atoms with Crippen LogP contribution in [0.1, 0.15) is 60.6 Å². The third-order valence-corrected chi connectivity index (χ3v) is 11.5. The van der Waals surface area contributed by atoms with E-state index in [2.05, 4.69) is 15.7 Å². The molecule has 226 valence electrons. The maximum Gasteiger partial charge on any atom is 0.334 e. The van der Waals surface area contributed by atoms with Crippen LogP contribution in [-0.2, 0) is 32.1 Å². The molecule has 0 aromatic carbocycles. The molecule has 0 spiro atoms. The number of ether oxygens (including phenoxy) is 2. The predicted octanol–water partition coefficient (Wildman–Crippen LogP) is 3.76. The molecule has 1 N–H and O–H groups in total. The molecule has 1 saturated carbocycles. The number of methoxy groups -OCH3 is 1. The molecular weight excluding hydrogens is 562 g/mol. The van der Waals surface area contributed by atoms with Crippen molar-refractivity contribution >= 4 is 16.1 Å². The van der Waals surface area contributed by atoms with E-state index in [0.717, 1.165) is 0 Å².